The minimum atomic E-state index is -0.561. The van der Waals surface area contributed by atoms with Gasteiger partial charge in [-0.15, -0.1) is 11.3 Å². The number of thiophene rings is 1. The van der Waals surface area contributed by atoms with Crippen molar-refractivity contribution in [3.8, 4) is 0 Å². The summed E-state index contributed by atoms with van der Waals surface area (Å²) < 4.78 is 0. The van der Waals surface area contributed by atoms with Gasteiger partial charge in [0, 0.05) is 23.9 Å². The Hall–Kier alpha value is -2.67. The van der Waals surface area contributed by atoms with Gasteiger partial charge in [0.15, 0.2) is 0 Å². The van der Waals surface area contributed by atoms with Gasteiger partial charge in [-0.1, -0.05) is 17.2 Å². The second kappa shape index (κ2) is 6.92. The monoisotopic (exact) mass is 371 g/mol. The molecule has 1 aliphatic rings. The number of benzene rings is 1. The van der Waals surface area contributed by atoms with Crippen molar-refractivity contribution in [2.45, 2.75) is 33.7 Å². The van der Waals surface area contributed by atoms with E-state index >= 15 is 0 Å². The van der Waals surface area contributed by atoms with Crippen molar-refractivity contribution in [1.29, 1.82) is 0 Å². The maximum atomic E-state index is 12.7. The van der Waals surface area contributed by atoms with E-state index in [1.807, 2.05) is 19.9 Å². The van der Waals surface area contributed by atoms with E-state index in [0.29, 0.717) is 35.6 Å². The molecule has 0 saturated heterocycles. The summed E-state index contributed by atoms with van der Waals surface area (Å²) in [5.41, 5.74) is 9.31. The van der Waals surface area contributed by atoms with Crippen LogP contribution in [0.3, 0.4) is 0 Å². The van der Waals surface area contributed by atoms with Crippen molar-refractivity contribution >= 4 is 34.1 Å². The molecule has 1 aromatic carbocycles. The van der Waals surface area contributed by atoms with Gasteiger partial charge in [-0.2, -0.15) is 0 Å². The molecule has 0 spiro atoms. The number of nitrogens with zero attached hydrogens (tertiary/aromatic N) is 1. The SMILES string of the molecule is CC(=O)N1CCc2c(sc(NC(=O)c3cc(C)cc(C)c3)c2C(N)=O)C1. The van der Waals surface area contributed by atoms with E-state index in [0.717, 1.165) is 21.6 Å². The Kier molecular flexibility index (Phi) is 4.82. The number of primary amides is 1. The molecule has 0 radical (unpaired) electrons. The largest absolute Gasteiger partial charge is 0.365 e. The highest BCUT2D eigenvalue weighted by atomic mass is 32.1. The number of anilines is 1. The first-order chi connectivity index (χ1) is 12.3. The molecule has 0 fully saturated rings. The fourth-order valence-electron chi connectivity index (χ4n) is 3.30. The lowest BCUT2D eigenvalue weighted by molar-refractivity contribution is -0.129. The number of hydrogen-bond donors (Lipinski definition) is 2. The van der Waals surface area contributed by atoms with Crippen molar-refractivity contribution in [1.82, 2.24) is 4.90 Å². The van der Waals surface area contributed by atoms with Crippen molar-refractivity contribution in [2.75, 3.05) is 11.9 Å². The number of nitrogens with two attached hydrogens (primary N) is 1. The Labute approximate surface area is 156 Å². The molecule has 136 valence electrons. The molecule has 26 heavy (non-hydrogen) atoms. The quantitative estimate of drug-likeness (QED) is 0.869. The molecule has 0 bridgehead atoms. The van der Waals surface area contributed by atoms with Crippen molar-refractivity contribution in [3.63, 3.8) is 0 Å². The Balaban J connectivity index is 1.94. The van der Waals surface area contributed by atoms with Crippen molar-refractivity contribution < 1.29 is 14.4 Å². The van der Waals surface area contributed by atoms with Crippen LogP contribution in [0.1, 0.15) is 49.2 Å². The highest BCUT2D eigenvalue weighted by molar-refractivity contribution is 7.17. The van der Waals surface area contributed by atoms with E-state index in [4.69, 9.17) is 5.73 Å². The molecule has 1 aliphatic heterocycles. The van der Waals surface area contributed by atoms with Crippen LogP contribution in [0, 0.1) is 13.8 Å². The smallest absolute Gasteiger partial charge is 0.256 e. The predicted molar refractivity (Wildman–Crippen MR) is 102 cm³/mol. The zero-order chi connectivity index (χ0) is 19.0. The van der Waals surface area contributed by atoms with E-state index in [1.165, 1.54) is 18.3 Å². The average molecular weight is 371 g/mol. The molecule has 6 nitrogen and oxygen atoms in total. The molecule has 1 aromatic heterocycles. The number of amides is 3. The molecule has 0 atom stereocenters. The summed E-state index contributed by atoms with van der Waals surface area (Å²) in [5.74, 6) is -0.846. The summed E-state index contributed by atoms with van der Waals surface area (Å²) in [4.78, 5) is 38.9. The fraction of sp³-hybridized carbons (Fsp3) is 0.316. The zero-order valence-electron chi connectivity index (χ0n) is 15.0. The highest BCUT2D eigenvalue weighted by Crippen LogP contribution is 2.37. The molecule has 2 aromatic rings. The number of rotatable bonds is 3. The summed E-state index contributed by atoms with van der Waals surface area (Å²) in [7, 11) is 0. The molecular formula is C19H21N3O3S. The van der Waals surface area contributed by atoms with Crippen LogP contribution in [0.4, 0.5) is 5.00 Å². The van der Waals surface area contributed by atoms with Crippen LogP contribution in [-0.2, 0) is 17.8 Å². The molecular weight excluding hydrogens is 350 g/mol. The van der Waals surface area contributed by atoms with Gasteiger partial charge in [0.2, 0.25) is 5.91 Å². The summed E-state index contributed by atoms with van der Waals surface area (Å²) in [6, 6.07) is 5.60. The zero-order valence-corrected chi connectivity index (χ0v) is 15.8. The van der Waals surface area contributed by atoms with E-state index in [1.54, 1.807) is 17.0 Å². The van der Waals surface area contributed by atoms with Gasteiger partial charge in [0.1, 0.15) is 5.00 Å². The molecule has 7 heteroatoms. The Morgan fingerprint density at radius 1 is 1.15 bits per heavy atom. The number of aryl methyl sites for hydroxylation is 2. The number of carbonyl (C=O) groups excluding carboxylic acids is 3. The van der Waals surface area contributed by atoms with Crippen molar-refractivity contribution in [2.24, 2.45) is 5.73 Å². The summed E-state index contributed by atoms with van der Waals surface area (Å²) in [6.07, 6.45) is 0.559. The van der Waals surface area contributed by atoms with E-state index in [9.17, 15) is 14.4 Å². The fourth-order valence-corrected chi connectivity index (χ4v) is 4.57. The average Bonchev–Trinajstić information content (AvgIpc) is 2.90. The summed E-state index contributed by atoms with van der Waals surface area (Å²) in [6.45, 7) is 6.37. The van der Waals surface area contributed by atoms with E-state index < -0.39 is 5.91 Å². The molecule has 3 rings (SSSR count). The minimum Gasteiger partial charge on any atom is -0.365 e. The molecule has 2 heterocycles. The number of fused-ring (bicyclic) bond motifs is 1. The Bertz CT molecular complexity index is 897. The second-order valence-electron chi connectivity index (χ2n) is 6.59. The van der Waals surface area contributed by atoms with Gasteiger partial charge in [0.25, 0.3) is 11.8 Å². The molecule has 0 saturated carbocycles. The number of hydrogen-bond acceptors (Lipinski definition) is 4. The molecule has 0 aliphatic carbocycles. The first-order valence-corrected chi connectivity index (χ1v) is 9.17. The van der Waals surface area contributed by atoms with Crippen LogP contribution in [-0.4, -0.2) is 29.2 Å². The highest BCUT2D eigenvalue weighted by Gasteiger charge is 2.28. The van der Waals surface area contributed by atoms with Gasteiger partial charge in [-0.05, 0) is 38.0 Å². The van der Waals surface area contributed by atoms with Gasteiger partial charge in [-0.3, -0.25) is 14.4 Å². The first-order valence-electron chi connectivity index (χ1n) is 8.35. The van der Waals surface area contributed by atoms with Crippen LogP contribution in [0.2, 0.25) is 0 Å². The third-order valence-corrected chi connectivity index (χ3v) is 5.59. The normalized spacial score (nSPS) is 13.3. The lowest BCUT2D eigenvalue weighted by atomic mass is 10.0. The van der Waals surface area contributed by atoms with Gasteiger partial charge >= 0.3 is 0 Å². The van der Waals surface area contributed by atoms with Crippen molar-refractivity contribution in [3.05, 3.63) is 50.9 Å². The lowest BCUT2D eigenvalue weighted by Gasteiger charge is -2.25. The predicted octanol–water partition coefficient (Wildman–Crippen LogP) is 2.62. The maximum absolute atomic E-state index is 12.7. The van der Waals surface area contributed by atoms with Gasteiger partial charge in [0.05, 0.1) is 12.1 Å². The maximum Gasteiger partial charge on any atom is 0.256 e. The number of nitrogens with one attached hydrogen (secondary N) is 1. The van der Waals surface area contributed by atoms with Crippen LogP contribution in [0.5, 0.6) is 0 Å². The van der Waals surface area contributed by atoms with Crippen LogP contribution in [0.25, 0.3) is 0 Å². The van der Waals surface area contributed by atoms with Crippen LogP contribution < -0.4 is 11.1 Å². The number of carbonyl (C=O) groups is 3. The summed E-state index contributed by atoms with van der Waals surface area (Å²) >= 11 is 1.32. The van der Waals surface area contributed by atoms with Crippen LogP contribution in [0.15, 0.2) is 18.2 Å². The van der Waals surface area contributed by atoms with E-state index in [2.05, 4.69) is 5.32 Å². The van der Waals surface area contributed by atoms with Crippen LogP contribution >= 0.6 is 11.3 Å². The first kappa shape index (κ1) is 18.1. The molecule has 3 N–H and O–H groups in total. The van der Waals surface area contributed by atoms with E-state index in [-0.39, 0.29) is 11.8 Å². The summed E-state index contributed by atoms with van der Waals surface area (Å²) in [5, 5.41) is 3.29. The third kappa shape index (κ3) is 3.48. The Morgan fingerprint density at radius 2 is 1.81 bits per heavy atom. The molecule has 0 unspecified atom stereocenters. The lowest BCUT2D eigenvalue weighted by Crippen LogP contribution is -2.34. The van der Waals surface area contributed by atoms with Gasteiger partial charge < -0.3 is 16.0 Å². The van der Waals surface area contributed by atoms with Gasteiger partial charge in [-0.25, -0.2) is 0 Å². The topological polar surface area (TPSA) is 92.5 Å². The Morgan fingerprint density at radius 3 is 2.38 bits per heavy atom. The second-order valence-corrected chi connectivity index (χ2v) is 7.70. The minimum absolute atomic E-state index is 0.00880. The standard InChI is InChI=1S/C19H21N3O3S/c1-10-6-11(2)8-13(7-10)18(25)21-19-16(17(20)24)14-4-5-22(12(3)23)9-15(14)26-19/h6-8H,4-5,9H2,1-3H3,(H2,20,24)(H,21,25). The third-order valence-electron chi connectivity index (χ3n) is 4.46. The molecule has 3 amide bonds.